The maximum atomic E-state index is 12.8. The van der Waals surface area contributed by atoms with E-state index in [2.05, 4.69) is 36.4 Å². The highest BCUT2D eigenvalue weighted by Crippen LogP contribution is 2.38. The van der Waals surface area contributed by atoms with Crippen LogP contribution in [-0.2, 0) is 16.1 Å². The van der Waals surface area contributed by atoms with Gasteiger partial charge in [-0.15, -0.1) is 11.3 Å². The van der Waals surface area contributed by atoms with E-state index in [0.29, 0.717) is 19.8 Å². The Balaban J connectivity index is 1.36. The summed E-state index contributed by atoms with van der Waals surface area (Å²) in [5.74, 6) is 0. The molecule has 5 rings (SSSR count). The van der Waals surface area contributed by atoms with Gasteiger partial charge in [0.05, 0.1) is 25.3 Å². The van der Waals surface area contributed by atoms with Gasteiger partial charge in [0.2, 0.25) is 0 Å². The van der Waals surface area contributed by atoms with Gasteiger partial charge in [0.15, 0.2) is 0 Å². The lowest BCUT2D eigenvalue weighted by Gasteiger charge is -2.43. The summed E-state index contributed by atoms with van der Waals surface area (Å²) in [7, 11) is 0. The van der Waals surface area contributed by atoms with E-state index in [0.717, 1.165) is 12.0 Å². The lowest BCUT2D eigenvalue weighted by atomic mass is 9.93. The van der Waals surface area contributed by atoms with E-state index in [4.69, 9.17) is 9.47 Å². The zero-order valence-corrected chi connectivity index (χ0v) is 16.2. The molecule has 1 aromatic heterocycles. The molecule has 2 aliphatic rings. The molecule has 1 amide bonds. The van der Waals surface area contributed by atoms with Gasteiger partial charge < -0.3 is 9.47 Å². The minimum Gasteiger partial charge on any atom is -0.445 e. The average Bonchev–Trinajstić information content (AvgIpc) is 3.16. The Morgan fingerprint density at radius 2 is 1.93 bits per heavy atom. The number of benzene rings is 2. The maximum Gasteiger partial charge on any atom is 0.411 e. The Bertz CT molecular complexity index is 994. The zero-order chi connectivity index (χ0) is 18.9. The lowest BCUT2D eigenvalue weighted by molar-refractivity contribution is -0.0341. The number of rotatable bonds is 3. The molecule has 3 heterocycles. The summed E-state index contributed by atoms with van der Waals surface area (Å²) in [6, 6.07) is 20.4. The van der Waals surface area contributed by atoms with E-state index in [-0.39, 0.29) is 18.2 Å². The normalized spacial score (nSPS) is 21.4. The molecule has 4 nitrogen and oxygen atoms in total. The van der Waals surface area contributed by atoms with Crippen molar-refractivity contribution >= 4 is 33.1 Å². The van der Waals surface area contributed by atoms with Crippen LogP contribution in [0.2, 0.25) is 0 Å². The zero-order valence-electron chi connectivity index (χ0n) is 15.4. The second-order valence-corrected chi connectivity index (χ2v) is 8.33. The van der Waals surface area contributed by atoms with Crippen molar-refractivity contribution in [1.82, 2.24) is 4.90 Å². The maximum absolute atomic E-state index is 12.8. The fraction of sp³-hybridized carbons (Fsp3) is 0.261. The molecule has 2 unspecified atom stereocenters. The molecule has 142 valence electrons. The van der Waals surface area contributed by atoms with Crippen molar-refractivity contribution in [2.45, 2.75) is 25.1 Å². The Hall–Kier alpha value is -2.63. The van der Waals surface area contributed by atoms with Gasteiger partial charge in [0, 0.05) is 9.58 Å². The number of thiophene rings is 1. The van der Waals surface area contributed by atoms with Gasteiger partial charge in [0.1, 0.15) is 6.61 Å². The van der Waals surface area contributed by atoms with E-state index in [1.54, 1.807) is 0 Å². The molecule has 0 saturated carbocycles. The van der Waals surface area contributed by atoms with Crippen LogP contribution in [0.1, 0.15) is 16.9 Å². The van der Waals surface area contributed by atoms with Gasteiger partial charge in [0.25, 0.3) is 0 Å². The highest BCUT2D eigenvalue weighted by molar-refractivity contribution is 7.20. The van der Waals surface area contributed by atoms with Gasteiger partial charge >= 0.3 is 6.09 Å². The van der Waals surface area contributed by atoms with Crippen LogP contribution >= 0.6 is 11.3 Å². The number of carbonyl (C=O) groups excluding carboxylic acids is 1. The van der Waals surface area contributed by atoms with Crippen molar-refractivity contribution in [3.63, 3.8) is 0 Å². The summed E-state index contributed by atoms with van der Waals surface area (Å²) in [5, 5.41) is 1.27. The summed E-state index contributed by atoms with van der Waals surface area (Å²) >= 11 is 1.82. The molecule has 3 aromatic rings. The molecule has 2 bridgehead atoms. The number of fused-ring (bicyclic) bond motifs is 3. The first-order valence-corrected chi connectivity index (χ1v) is 10.4. The van der Waals surface area contributed by atoms with Gasteiger partial charge in [-0.2, -0.15) is 0 Å². The van der Waals surface area contributed by atoms with E-state index in [1.807, 2.05) is 46.6 Å². The Labute approximate surface area is 168 Å². The highest BCUT2D eigenvalue weighted by Gasteiger charge is 2.39. The van der Waals surface area contributed by atoms with Crippen LogP contribution in [0.15, 0.2) is 66.7 Å². The fourth-order valence-electron chi connectivity index (χ4n) is 4.00. The molecule has 2 atom stereocenters. The van der Waals surface area contributed by atoms with Crippen LogP contribution in [0, 0.1) is 0 Å². The molecule has 28 heavy (non-hydrogen) atoms. The molecule has 1 saturated heterocycles. The van der Waals surface area contributed by atoms with Gasteiger partial charge in [-0.3, -0.25) is 4.90 Å². The number of hydrogen-bond donors (Lipinski definition) is 0. The fourth-order valence-corrected chi connectivity index (χ4v) is 5.09. The molecule has 0 radical (unpaired) electrons. The molecule has 0 N–H and O–H groups in total. The Morgan fingerprint density at radius 1 is 1.11 bits per heavy atom. The van der Waals surface area contributed by atoms with Gasteiger partial charge in [-0.05, 0) is 35.1 Å². The SMILES string of the molecule is O=C(OCc1ccccc1)N1C2C=C(c3cc4ccccc4s3)CC1COC2. The Morgan fingerprint density at radius 3 is 2.75 bits per heavy atom. The monoisotopic (exact) mass is 391 g/mol. The van der Waals surface area contributed by atoms with Crippen molar-refractivity contribution in [1.29, 1.82) is 0 Å². The van der Waals surface area contributed by atoms with Crippen molar-refractivity contribution in [2.75, 3.05) is 13.2 Å². The van der Waals surface area contributed by atoms with Crippen LogP contribution in [0.4, 0.5) is 4.79 Å². The van der Waals surface area contributed by atoms with Crippen LogP contribution < -0.4 is 0 Å². The Kier molecular flexibility index (Phi) is 4.63. The topological polar surface area (TPSA) is 38.8 Å². The van der Waals surface area contributed by atoms with E-state index < -0.39 is 0 Å². The first-order valence-electron chi connectivity index (χ1n) is 9.54. The third-order valence-electron chi connectivity index (χ3n) is 5.36. The van der Waals surface area contributed by atoms with Crippen LogP contribution in [0.5, 0.6) is 0 Å². The second-order valence-electron chi connectivity index (χ2n) is 7.25. The first kappa shape index (κ1) is 17.5. The molecule has 0 aliphatic carbocycles. The predicted molar refractivity (Wildman–Crippen MR) is 111 cm³/mol. The van der Waals surface area contributed by atoms with Crippen molar-refractivity contribution in [2.24, 2.45) is 0 Å². The summed E-state index contributed by atoms with van der Waals surface area (Å²) in [6.07, 6.45) is 2.72. The van der Waals surface area contributed by atoms with Crippen molar-refractivity contribution < 1.29 is 14.3 Å². The highest BCUT2D eigenvalue weighted by atomic mass is 32.1. The second kappa shape index (κ2) is 7.41. The molecule has 5 heteroatoms. The number of carbonyl (C=O) groups is 1. The largest absolute Gasteiger partial charge is 0.445 e. The minimum atomic E-state index is -0.256. The molecular formula is C23H21NO3S. The van der Waals surface area contributed by atoms with Crippen LogP contribution in [-0.4, -0.2) is 36.3 Å². The number of hydrogen-bond acceptors (Lipinski definition) is 4. The van der Waals surface area contributed by atoms with Crippen LogP contribution in [0.3, 0.4) is 0 Å². The van der Waals surface area contributed by atoms with Crippen molar-refractivity contribution in [3.05, 3.63) is 77.2 Å². The smallest absolute Gasteiger partial charge is 0.411 e. The molecule has 2 aliphatic heterocycles. The quantitative estimate of drug-likeness (QED) is 0.624. The average molecular weight is 391 g/mol. The number of nitrogens with zero attached hydrogens (tertiary/aromatic N) is 1. The number of amides is 1. The van der Waals surface area contributed by atoms with E-state index in [1.165, 1.54) is 20.5 Å². The number of ether oxygens (including phenoxy) is 2. The van der Waals surface area contributed by atoms with Gasteiger partial charge in [-0.1, -0.05) is 54.6 Å². The molecule has 1 fully saturated rings. The first-order chi connectivity index (χ1) is 13.8. The van der Waals surface area contributed by atoms with Crippen molar-refractivity contribution in [3.8, 4) is 0 Å². The molecule has 0 spiro atoms. The third kappa shape index (κ3) is 3.32. The van der Waals surface area contributed by atoms with Crippen LogP contribution in [0.25, 0.3) is 15.7 Å². The van der Waals surface area contributed by atoms with Gasteiger partial charge in [-0.25, -0.2) is 4.79 Å². The third-order valence-corrected chi connectivity index (χ3v) is 6.55. The molecule has 2 aromatic carbocycles. The van der Waals surface area contributed by atoms with E-state index in [9.17, 15) is 4.79 Å². The summed E-state index contributed by atoms with van der Waals surface area (Å²) in [4.78, 5) is 15.9. The predicted octanol–water partition coefficient (Wildman–Crippen LogP) is 5.09. The number of morpholine rings is 1. The minimum absolute atomic E-state index is 0.0206. The molecular weight excluding hydrogens is 370 g/mol. The summed E-state index contributed by atoms with van der Waals surface area (Å²) < 4.78 is 12.6. The summed E-state index contributed by atoms with van der Waals surface area (Å²) in [5.41, 5.74) is 2.31. The lowest BCUT2D eigenvalue weighted by Crippen LogP contribution is -2.56. The summed E-state index contributed by atoms with van der Waals surface area (Å²) in [6.45, 7) is 1.37. The van der Waals surface area contributed by atoms with E-state index >= 15 is 0 Å². The standard InChI is InChI=1S/C23H21NO3S/c25-23(27-13-16-6-2-1-3-7-16)24-19-10-18(11-20(24)15-26-14-19)22-12-17-8-4-5-9-21(17)28-22/h1-10,12,19-20H,11,13-15H2.